The van der Waals surface area contributed by atoms with Gasteiger partial charge in [-0.2, -0.15) is 5.26 Å². The van der Waals surface area contributed by atoms with Crippen molar-refractivity contribution < 1.29 is 18.7 Å². The molecule has 2 heterocycles. The van der Waals surface area contributed by atoms with Crippen molar-refractivity contribution in [3.05, 3.63) is 58.6 Å². The van der Waals surface area contributed by atoms with Crippen LogP contribution in [-0.4, -0.2) is 69.1 Å². The van der Waals surface area contributed by atoms with E-state index in [0.717, 1.165) is 36.2 Å². The Balaban J connectivity index is 1.41. The molecule has 2 aromatic carbocycles. The van der Waals surface area contributed by atoms with E-state index in [-0.39, 0.29) is 5.91 Å². The minimum atomic E-state index is -0.655. The van der Waals surface area contributed by atoms with Crippen LogP contribution in [0.25, 0.3) is 22.2 Å². The van der Waals surface area contributed by atoms with Gasteiger partial charge in [-0.3, -0.25) is 9.36 Å². The van der Waals surface area contributed by atoms with E-state index < -0.39 is 17.9 Å². The van der Waals surface area contributed by atoms with Crippen LogP contribution in [0.1, 0.15) is 12.0 Å². The second-order valence-corrected chi connectivity index (χ2v) is 8.93. The number of nitrogens with zero attached hydrogens (tertiary/aromatic N) is 2. The molecule has 0 saturated carbocycles. The van der Waals surface area contributed by atoms with Crippen LogP contribution in [0.15, 0.2) is 51.7 Å². The molecule has 0 radical (unpaired) electrons. The summed E-state index contributed by atoms with van der Waals surface area (Å²) in [6, 6.07) is 15.0. The number of benzene rings is 2. The highest BCUT2D eigenvalue weighted by atomic mass is 16.5. The second-order valence-electron chi connectivity index (χ2n) is 8.93. The number of hydrogen-bond acceptors (Lipinski definition) is 8. The molecule has 196 valence electrons. The molecule has 3 aromatic rings. The zero-order chi connectivity index (χ0) is 26.0. The molecule has 1 aliphatic rings. The first-order valence-electron chi connectivity index (χ1n) is 12.6. The van der Waals surface area contributed by atoms with Gasteiger partial charge < -0.3 is 29.8 Å². The quantitative estimate of drug-likeness (QED) is 0.332. The minimum Gasteiger partial charge on any atom is -0.408 e. The van der Waals surface area contributed by atoms with Crippen molar-refractivity contribution in [1.82, 2.24) is 20.5 Å². The minimum absolute atomic E-state index is 0.274. The average molecular weight is 508 g/mol. The lowest BCUT2D eigenvalue weighted by molar-refractivity contribution is -0.132. The topological polar surface area (TPSA) is 131 Å². The SMILES string of the molecule is CNCCOCCn1c(=O)oc2ccc(-c3ccc(CC(C#N)NC(=O)C4CNCCCO4)cc3)cc21. The molecule has 0 spiro atoms. The van der Waals surface area contributed by atoms with Crippen LogP contribution < -0.4 is 21.7 Å². The maximum absolute atomic E-state index is 12.5. The Bertz CT molecular complexity index is 1270. The molecule has 1 amide bonds. The molecule has 37 heavy (non-hydrogen) atoms. The summed E-state index contributed by atoms with van der Waals surface area (Å²) in [6.45, 7) is 3.91. The molecule has 0 aliphatic carbocycles. The van der Waals surface area contributed by atoms with Crippen molar-refractivity contribution in [1.29, 1.82) is 5.26 Å². The number of fused-ring (bicyclic) bond motifs is 1. The molecule has 2 atom stereocenters. The highest BCUT2D eigenvalue weighted by Gasteiger charge is 2.23. The summed E-state index contributed by atoms with van der Waals surface area (Å²) in [5, 5.41) is 18.6. The lowest BCUT2D eigenvalue weighted by atomic mass is 10.0. The monoisotopic (exact) mass is 507 g/mol. The number of hydrogen-bond donors (Lipinski definition) is 3. The van der Waals surface area contributed by atoms with Crippen LogP contribution >= 0.6 is 0 Å². The van der Waals surface area contributed by atoms with Gasteiger partial charge in [-0.1, -0.05) is 30.3 Å². The summed E-state index contributed by atoms with van der Waals surface area (Å²) in [6.07, 6.45) is 0.654. The van der Waals surface area contributed by atoms with Crippen LogP contribution in [-0.2, 0) is 27.2 Å². The Morgan fingerprint density at radius 1 is 1.24 bits per heavy atom. The number of nitrogens with one attached hydrogen (secondary N) is 3. The van der Waals surface area contributed by atoms with Gasteiger partial charge in [-0.25, -0.2) is 4.79 Å². The first kappa shape index (κ1) is 26.6. The van der Waals surface area contributed by atoms with Crippen molar-refractivity contribution >= 4 is 17.0 Å². The van der Waals surface area contributed by atoms with Crippen molar-refractivity contribution in [3.8, 4) is 17.2 Å². The smallest absolute Gasteiger partial charge is 0.408 e. The second kappa shape index (κ2) is 13.2. The summed E-state index contributed by atoms with van der Waals surface area (Å²) in [5.41, 5.74) is 4.07. The molecule has 1 saturated heterocycles. The predicted octanol–water partition coefficient (Wildman–Crippen LogP) is 1.43. The lowest BCUT2D eigenvalue weighted by Crippen LogP contribution is -2.46. The largest absolute Gasteiger partial charge is 0.420 e. The molecule has 1 aliphatic heterocycles. The van der Waals surface area contributed by atoms with E-state index in [2.05, 4.69) is 22.0 Å². The number of nitriles is 1. The molecule has 3 N–H and O–H groups in total. The number of oxazole rings is 1. The van der Waals surface area contributed by atoms with Crippen molar-refractivity contribution in [2.24, 2.45) is 0 Å². The van der Waals surface area contributed by atoms with Crippen molar-refractivity contribution in [2.45, 2.75) is 31.5 Å². The highest BCUT2D eigenvalue weighted by molar-refractivity contribution is 5.82. The van der Waals surface area contributed by atoms with Gasteiger partial charge in [0.2, 0.25) is 0 Å². The van der Waals surface area contributed by atoms with Gasteiger partial charge in [-0.15, -0.1) is 0 Å². The summed E-state index contributed by atoms with van der Waals surface area (Å²) in [7, 11) is 1.86. The van der Waals surface area contributed by atoms with Gasteiger partial charge in [-0.05, 0) is 48.8 Å². The molecule has 10 heteroatoms. The number of rotatable bonds is 11. The fourth-order valence-corrected chi connectivity index (χ4v) is 4.23. The molecular weight excluding hydrogens is 474 g/mol. The zero-order valence-electron chi connectivity index (χ0n) is 21.0. The van der Waals surface area contributed by atoms with E-state index in [4.69, 9.17) is 13.9 Å². The van der Waals surface area contributed by atoms with Crippen LogP contribution in [0.4, 0.5) is 0 Å². The molecule has 1 aromatic heterocycles. The maximum Gasteiger partial charge on any atom is 0.420 e. The van der Waals surface area contributed by atoms with E-state index in [0.29, 0.717) is 50.4 Å². The van der Waals surface area contributed by atoms with E-state index >= 15 is 0 Å². The molecule has 1 fully saturated rings. The molecule has 10 nitrogen and oxygen atoms in total. The predicted molar refractivity (Wildman–Crippen MR) is 139 cm³/mol. The number of aromatic nitrogens is 1. The fraction of sp³-hybridized carbons (Fsp3) is 0.444. The van der Waals surface area contributed by atoms with Crippen LogP contribution in [0, 0.1) is 11.3 Å². The normalized spacial score (nSPS) is 16.7. The van der Waals surface area contributed by atoms with Crippen LogP contribution in [0.3, 0.4) is 0 Å². The van der Waals surface area contributed by atoms with Gasteiger partial charge >= 0.3 is 5.76 Å². The average Bonchev–Trinajstić information content (AvgIpc) is 3.06. The maximum atomic E-state index is 12.5. The summed E-state index contributed by atoms with van der Waals surface area (Å²) < 4.78 is 18.1. The summed E-state index contributed by atoms with van der Waals surface area (Å²) in [5.74, 6) is -0.682. The third-order valence-corrected chi connectivity index (χ3v) is 6.26. The highest BCUT2D eigenvalue weighted by Crippen LogP contribution is 2.25. The zero-order valence-corrected chi connectivity index (χ0v) is 21.0. The number of carbonyl (C=O) groups is 1. The van der Waals surface area contributed by atoms with E-state index in [9.17, 15) is 14.9 Å². The van der Waals surface area contributed by atoms with Gasteiger partial charge in [0, 0.05) is 26.1 Å². The first-order valence-corrected chi connectivity index (χ1v) is 12.6. The number of amides is 1. The van der Waals surface area contributed by atoms with Gasteiger partial charge in [0.1, 0.15) is 12.1 Å². The van der Waals surface area contributed by atoms with Gasteiger partial charge in [0.25, 0.3) is 5.91 Å². The Morgan fingerprint density at radius 3 is 2.84 bits per heavy atom. The number of ether oxygens (including phenoxy) is 2. The van der Waals surface area contributed by atoms with Crippen molar-refractivity contribution in [2.75, 3.05) is 46.5 Å². The van der Waals surface area contributed by atoms with Crippen molar-refractivity contribution in [3.63, 3.8) is 0 Å². The van der Waals surface area contributed by atoms with E-state index in [1.165, 1.54) is 0 Å². The lowest BCUT2D eigenvalue weighted by Gasteiger charge is -2.18. The third-order valence-electron chi connectivity index (χ3n) is 6.26. The standard InChI is InChI=1S/C27H33N5O5/c1-29-10-13-35-14-11-32-23-16-21(7-8-24(23)37-27(32)34)20-5-3-19(4-6-20)15-22(17-28)31-26(33)25-18-30-9-2-12-36-25/h3-8,16,22,25,29-30H,2,9-15,18H2,1H3,(H,31,33). The number of carbonyl (C=O) groups excluding carboxylic acids is 1. The van der Waals surface area contributed by atoms with E-state index in [1.54, 1.807) is 10.6 Å². The Labute approximate surface area is 215 Å². The van der Waals surface area contributed by atoms with Gasteiger partial charge in [0.15, 0.2) is 5.58 Å². The van der Waals surface area contributed by atoms with Crippen LogP contribution in [0.2, 0.25) is 0 Å². The van der Waals surface area contributed by atoms with Gasteiger partial charge in [0.05, 0.1) is 31.3 Å². The summed E-state index contributed by atoms with van der Waals surface area (Å²) >= 11 is 0. The van der Waals surface area contributed by atoms with E-state index in [1.807, 2.05) is 43.4 Å². The molecule has 0 bridgehead atoms. The Hall–Kier alpha value is -3.49. The first-order chi connectivity index (χ1) is 18.1. The van der Waals surface area contributed by atoms with Crippen LogP contribution in [0.5, 0.6) is 0 Å². The number of likely N-dealkylation sites (N-methyl/N-ethyl adjacent to an activating group) is 1. The Kier molecular flexibility index (Phi) is 9.46. The molecular formula is C27H33N5O5. The third kappa shape index (κ3) is 7.05. The molecule has 4 rings (SSSR count). The fourth-order valence-electron chi connectivity index (χ4n) is 4.23. The Morgan fingerprint density at radius 2 is 2.05 bits per heavy atom. The molecule has 2 unspecified atom stereocenters. The summed E-state index contributed by atoms with van der Waals surface area (Å²) in [4.78, 5) is 24.9.